The molecule has 4 N–H and O–H groups in total. The molecular formula is C45H55ClN10O8S. The van der Waals surface area contributed by atoms with E-state index < -0.39 is 22.0 Å². The maximum Gasteiger partial charge on any atom is 0.255 e. The lowest BCUT2D eigenvalue weighted by atomic mass is 9.99. The van der Waals surface area contributed by atoms with Crippen LogP contribution in [0.5, 0.6) is 17.2 Å². The number of carbonyl (C=O) groups excluding carboxylic acids is 3. The summed E-state index contributed by atoms with van der Waals surface area (Å²) in [6.07, 6.45) is 5.97. The molecule has 4 aromatic rings. The fraction of sp³-hybridized carbons (Fsp3) is 0.444. The molecule has 1 atom stereocenters. The Labute approximate surface area is 384 Å². The van der Waals surface area contributed by atoms with Gasteiger partial charge in [0.1, 0.15) is 34.9 Å². The van der Waals surface area contributed by atoms with Crippen molar-refractivity contribution in [1.82, 2.24) is 30.0 Å². The zero-order valence-electron chi connectivity index (χ0n) is 37.0. The summed E-state index contributed by atoms with van der Waals surface area (Å²) < 4.78 is 44.2. The summed E-state index contributed by atoms with van der Waals surface area (Å²) in [7, 11) is -0.462. The fourth-order valence-corrected chi connectivity index (χ4v) is 9.77. The average Bonchev–Trinajstić information content (AvgIpc) is 3.63. The second kappa shape index (κ2) is 19.7. The molecule has 346 valence electrons. The van der Waals surface area contributed by atoms with Crippen molar-refractivity contribution in [3.63, 3.8) is 0 Å². The molecule has 0 bridgehead atoms. The first kappa shape index (κ1) is 45.7. The standard InChI is InChI=1S/C45H55ClN10O8S/c1-5-28-23-36(49-45-47-26-33(46)42(51-45)48-34-10-9-30(62-2)24-35(34)52-65(4,60)61)40(63-3)25-38(28)55-15-13-29(14-16-55)54-19-17-53(18-20-54)21-22-64-39-8-6-7-31-32(39)27-56(44(31)59)37-11-12-41(57)50-43(37)58/h6-10,23-26,29,37,52H,5,11-22,27H2,1-4H3,(H,50,57,58)(H2,47,48,49,51). The minimum absolute atomic E-state index is 0.205. The number of rotatable bonds is 16. The molecule has 65 heavy (non-hydrogen) atoms. The Morgan fingerprint density at radius 2 is 1.68 bits per heavy atom. The van der Waals surface area contributed by atoms with Crippen molar-refractivity contribution in [3.8, 4) is 17.2 Å². The van der Waals surface area contributed by atoms with Crippen molar-refractivity contribution < 1.29 is 37.0 Å². The van der Waals surface area contributed by atoms with Crippen LogP contribution in [0.4, 0.5) is 34.5 Å². The van der Waals surface area contributed by atoms with Gasteiger partial charge in [-0.2, -0.15) is 4.98 Å². The maximum atomic E-state index is 13.2. The van der Waals surface area contributed by atoms with Crippen molar-refractivity contribution in [3.05, 3.63) is 76.4 Å². The number of carbonyl (C=O) groups is 3. The predicted octanol–water partition coefficient (Wildman–Crippen LogP) is 4.99. The number of halogens is 1. The van der Waals surface area contributed by atoms with E-state index in [1.165, 1.54) is 13.3 Å². The highest BCUT2D eigenvalue weighted by Gasteiger charge is 2.40. The third-order valence-corrected chi connectivity index (χ3v) is 13.3. The van der Waals surface area contributed by atoms with E-state index in [2.05, 4.69) is 64.4 Å². The quantitative estimate of drug-likeness (QED) is 0.110. The highest BCUT2D eigenvalue weighted by atomic mass is 35.5. The number of fused-ring (bicyclic) bond motifs is 1. The number of hydrogen-bond donors (Lipinski definition) is 4. The van der Waals surface area contributed by atoms with Crippen LogP contribution in [-0.4, -0.2) is 136 Å². The Morgan fingerprint density at radius 3 is 2.38 bits per heavy atom. The predicted molar refractivity (Wildman–Crippen MR) is 249 cm³/mol. The number of sulfonamides is 1. The van der Waals surface area contributed by atoms with Crippen LogP contribution in [0.1, 0.15) is 54.1 Å². The summed E-state index contributed by atoms with van der Waals surface area (Å²) >= 11 is 6.51. The summed E-state index contributed by atoms with van der Waals surface area (Å²) in [6, 6.07) is 14.4. The second-order valence-corrected chi connectivity index (χ2v) is 18.7. The molecule has 0 spiro atoms. The van der Waals surface area contributed by atoms with E-state index in [-0.39, 0.29) is 47.3 Å². The van der Waals surface area contributed by atoms with Crippen LogP contribution in [0.15, 0.2) is 54.7 Å². The number of aromatic nitrogens is 2. The van der Waals surface area contributed by atoms with E-state index in [9.17, 15) is 22.8 Å². The van der Waals surface area contributed by atoms with Crippen LogP contribution >= 0.6 is 11.6 Å². The number of nitrogens with zero attached hydrogens (tertiary/aromatic N) is 6. The van der Waals surface area contributed by atoms with E-state index in [1.54, 1.807) is 36.3 Å². The van der Waals surface area contributed by atoms with E-state index >= 15 is 0 Å². The topological polar surface area (TPSA) is 200 Å². The van der Waals surface area contributed by atoms with Gasteiger partial charge in [0.2, 0.25) is 27.8 Å². The van der Waals surface area contributed by atoms with Crippen molar-refractivity contribution in [1.29, 1.82) is 0 Å². The van der Waals surface area contributed by atoms with Gasteiger partial charge in [0.15, 0.2) is 5.82 Å². The number of piperazine rings is 1. The number of anilines is 6. The molecule has 0 saturated carbocycles. The van der Waals surface area contributed by atoms with Crippen LogP contribution in [0, 0.1) is 0 Å². The molecule has 8 rings (SSSR count). The minimum Gasteiger partial charge on any atom is -0.497 e. The molecule has 0 aliphatic carbocycles. The molecule has 3 aromatic carbocycles. The lowest BCUT2D eigenvalue weighted by Crippen LogP contribution is -2.53. The van der Waals surface area contributed by atoms with E-state index in [1.807, 2.05) is 12.1 Å². The van der Waals surface area contributed by atoms with Crippen LogP contribution < -0.4 is 39.8 Å². The Balaban J connectivity index is 0.833. The van der Waals surface area contributed by atoms with Crippen LogP contribution in [0.2, 0.25) is 5.02 Å². The zero-order chi connectivity index (χ0) is 45.8. The Bertz CT molecular complexity index is 2550. The number of piperidine rings is 2. The molecule has 3 saturated heterocycles. The number of methoxy groups -OCH3 is 2. The molecule has 18 nitrogen and oxygen atoms in total. The van der Waals surface area contributed by atoms with Crippen molar-refractivity contribution in [2.24, 2.45) is 0 Å². The number of nitrogens with one attached hydrogen (secondary N) is 4. The lowest BCUT2D eigenvalue weighted by molar-refractivity contribution is -0.136. The Hall–Kier alpha value is -5.89. The number of aryl methyl sites for hydroxylation is 1. The van der Waals surface area contributed by atoms with E-state index in [0.29, 0.717) is 53.3 Å². The van der Waals surface area contributed by atoms with Gasteiger partial charge in [-0.05, 0) is 61.6 Å². The number of amides is 3. The molecule has 0 radical (unpaired) electrons. The Kier molecular flexibility index (Phi) is 13.8. The normalized spacial score (nSPS) is 18.6. The molecule has 5 heterocycles. The van der Waals surface area contributed by atoms with Gasteiger partial charge in [-0.1, -0.05) is 24.6 Å². The fourth-order valence-electron chi connectivity index (χ4n) is 9.07. The van der Waals surface area contributed by atoms with Gasteiger partial charge in [0, 0.05) is 87.2 Å². The smallest absolute Gasteiger partial charge is 0.255 e. The summed E-state index contributed by atoms with van der Waals surface area (Å²) in [4.78, 5) is 55.5. The largest absolute Gasteiger partial charge is 0.497 e. The van der Waals surface area contributed by atoms with Gasteiger partial charge in [0.25, 0.3) is 5.91 Å². The molecule has 4 aliphatic heterocycles. The first-order chi connectivity index (χ1) is 31.3. The summed E-state index contributed by atoms with van der Waals surface area (Å²) in [5, 5.41) is 9.03. The average molecular weight is 932 g/mol. The van der Waals surface area contributed by atoms with Gasteiger partial charge >= 0.3 is 0 Å². The summed E-state index contributed by atoms with van der Waals surface area (Å²) in [5.74, 6) is 1.38. The number of ether oxygens (including phenoxy) is 3. The molecule has 3 fully saturated rings. The second-order valence-electron chi connectivity index (χ2n) is 16.6. The summed E-state index contributed by atoms with van der Waals surface area (Å²) in [6.45, 7) is 9.38. The van der Waals surface area contributed by atoms with Crippen molar-refractivity contribution in [2.75, 3.05) is 93.2 Å². The zero-order valence-corrected chi connectivity index (χ0v) is 38.6. The van der Waals surface area contributed by atoms with Crippen molar-refractivity contribution in [2.45, 2.75) is 57.7 Å². The number of hydrogen-bond acceptors (Lipinski definition) is 15. The third kappa shape index (κ3) is 10.5. The van der Waals surface area contributed by atoms with Crippen LogP contribution in [0.3, 0.4) is 0 Å². The monoisotopic (exact) mass is 930 g/mol. The Morgan fingerprint density at radius 1 is 0.892 bits per heavy atom. The first-order valence-electron chi connectivity index (χ1n) is 21.8. The number of imide groups is 1. The maximum absolute atomic E-state index is 13.2. The molecule has 1 aromatic heterocycles. The molecule has 20 heteroatoms. The van der Waals surface area contributed by atoms with Gasteiger partial charge in [-0.25, -0.2) is 13.4 Å². The van der Waals surface area contributed by atoms with Gasteiger partial charge in [-0.3, -0.25) is 34.2 Å². The van der Waals surface area contributed by atoms with Gasteiger partial charge in [0.05, 0.1) is 50.3 Å². The van der Waals surface area contributed by atoms with E-state index in [4.69, 9.17) is 25.8 Å². The van der Waals surface area contributed by atoms with Gasteiger partial charge in [-0.15, -0.1) is 0 Å². The van der Waals surface area contributed by atoms with Gasteiger partial charge < -0.3 is 34.6 Å². The molecular weight excluding hydrogens is 876 g/mol. The summed E-state index contributed by atoms with van der Waals surface area (Å²) in [5.41, 5.74) is 5.02. The van der Waals surface area contributed by atoms with Crippen LogP contribution in [-0.2, 0) is 32.6 Å². The SMILES string of the molecule is CCc1cc(Nc2ncc(Cl)c(Nc3ccc(OC)cc3NS(C)(=O)=O)n2)c(OC)cc1N1CCC(N2CCN(CCOc3cccc4c3CN(C3CCC(=O)NC3=O)C4=O)CC2)CC1. The van der Waals surface area contributed by atoms with E-state index in [0.717, 1.165) is 88.1 Å². The minimum atomic E-state index is -3.60. The first-order valence-corrected chi connectivity index (χ1v) is 24.1. The molecule has 3 amide bonds. The highest BCUT2D eigenvalue weighted by Crippen LogP contribution is 2.39. The van der Waals surface area contributed by atoms with Crippen LogP contribution in [0.25, 0.3) is 0 Å². The number of benzene rings is 3. The lowest BCUT2D eigenvalue weighted by Gasteiger charge is -2.43. The molecule has 4 aliphatic rings. The van der Waals surface area contributed by atoms with Crippen molar-refractivity contribution >= 4 is 73.9 Å². The third-order valence-electron chi connectivity index (χ3n) is 12.5. The molecule has 1 unspecified atom stereocenters. The highest BCUT2D eigenvalue weighted by molar-refractivity contribution is 7.92.